The molecule has 0 bridgehead atoms. The van der Waals surface area contributed by atoms with E-state index < -0.39 is 5.54 Å². The maximum Gasteiger partial charge on any atom is 0.250 e. The van der Waals surface area contributed by atoms with Gasteiger partial charge in [-0.15, -0.1) is 5.10 Å². The molecule has 2 fully saturated rings. The molecule has 4 rings (SSSR count). The molecule has 1 saturated heterocycles. The van der Waals surface area contributed by atoms with Gasteiger partial charge in [0.15, 0.2) is 0 Å². The largest absolute Gasteiger partial charge is 0.368 e. The molecule has 1 aliphatic heterocycles. The lowest BCUT2D eigenvalue weighted by Crippen LogP contribution is -2.52. The molecule has 0 atom stereocenters. The van der Waals surface area contributed by atoms with Crippen LogP contribution in [0.2, 0.25) is 5.02 Å². The molecule has 0 spiro atoms. The van der Waals surface area contributed by atoms with Gasteiger partial charge in [-0.2, -0.15) is 0 Å². The maximum absolute atomic E-state index is 12.9. The summed E-state index contributed by atoms with van der Waals surface area (Å²) in [6.45, 7) is 5.05. The summed E-state index contributed by atoms with van der Waals surface area (Å²) < 4.78 is 1.61. The Kier molecular flexibility index (Phi) is 3.68. The minimum absolute atomic E-state index is 0.136. The third-order valence-corrected chi connectivity index (χ3v) is 5.47. The van der Waals surface area contributed by atoms with Crippen LogP contribution >= 0.6 is 11.6 Å². The van der Waals surface area contributed by atoms with E-state index in [-0.39, 0.29) is 5.91 Å². The zero-order chi connectivity index (χ0) is 16.7. The third kappa shape index (κ3) is 2.43. The van der Waals surface area contributed by atoms with E-state index in [9.17, 15) is 4.79 Å². The molecular formula is C16H19ClN6O. The van der Waals surface area contributed by atoms with Crippen molar-refractivity contribution in [3.05, 3.63) is 35.1 Å². The number of tetrazole rings is 1. The predicted molar refractivity (Wildman–Crippen MR) is 90.0 cm³/mol. The van der Waals surface area contributed by atoms with Crippen molar-refractivity contribution in [1.29, 1.82) is 0 Å². The van der Waals surface area contributed by atoms with Crippen LogP contribution in [0.25, 0.3) is 0 Å². The van der Waals surface area contributed by atoms with Crippen LogP contribution in [0.1, 0.15) is 18.4 Å². The van der Waals surface area contributed by atoms with Gasteiger partial charge in [-0.05, 0) is 47.9 Å². The van der Waals surface area contributed by atoms with Gasteiger partial charge < -0.3 is 9.80 Å². The van der Waals surface area contributed by atoms with Crippen molar-refractivity contribution in [2.24, 2.45) is 0 Å². The first-order chi connectivity index (χ1) is 11.6. The number of halogens is 1. The predicted octanol–water partition coefficient (Wildman–Crippen LogP) is 1.47. The summed E-state index contributed by atoms with van der Waals surface area (Å²) >= 11 is 6.22. The van der Waals surface area contributed by atoms with Gasteiger partial charge in [0.2, 0.25) is 0 Å². The fourth-order valence-electron chi connectivity index (χ4n) is 3.40. The molecule has 1 aromatic heterocycles. The highest BCUT2D eigenvalue weighted by atomic mass is 35.5. The molecule has 1 amide bonds. The van der Waals surface area contributed by atoms with Gasteiger partial charge in [0, 0.05) is 36.9 Å². The minimum atomic E-state index is -0.544. The Balaban J connectivity index is 1.45. The summed E-state index contributed by atoms with van der Waals surface area (Å²) in [7, 11) is 0. The molecular weight excluding hydrogens is 328 g/mol. The molecule has 2 heterocycles. The summed E-state index contributed by atoms with van der Waals surface area (Å²) in [6.07, 6.45) is 3.16. The second kappa shape index (κ2) is 5.73. The van der Waals surface area contributed by atoms with Crippen LogP contribution < -0.4 is 4.90 Å². The second-order valence-corrected chi connectivity index (χ2v) is 6.86. The number of anilines is 1. The van der Waals surface area contributed by atoms with E-state index in [2.05, 4.69) is 26.5 Å². The Morgan fingerprint density at radius 3 is 2.58 bits per heavy atom. The molecule has 24 heavy (non-hydrogen) atoms. The van der Waals surface area contributed by atoms with E-state index in [0.717, 1.165) is 42.2 Å². The molecule has 8 heteroatoms. The lowest BCUT2D eigenvalue weighted by molar-refractivity contribution is -0.137. The standard InChI is InChI=1S/C16H19ClN6O/c1-12-13(17)3-2-4-14(12)21-7-9-22(10-8-21)15(24)16(5-6-16)23-11-18-19-20-23/h2-4,11H,5-10H2,1H3. The average molecular weight is 347 g/mol. The van der Waals surface area contributed by atoms with Crippen LogP contribution in [-0.4, -0.2) is 57.2 Å². The van der Waals surface area contributed by atoms with Crippen molar-refractivity contribution in [2.75, 3.05) is 31.1 Å². The van der Waals surface area contributed by atoms with Crippen molar-refractivity contribution in [2.45, 2.75) is 25.3 Å². The summed E-state index contributed by atoms with van der Waals surface area (Å²) in [5.74, 6) is 0.136. The van der Waals surface area contributed by atoms with Crippen LogP contribution in [0.5, 0.6) is 0 Å². The fraction of sp³-hybridized carbons (Fsp3) is 0.500. The molecule has 0 unspecified atom stereocenters. The molecule has 0 N–H and O–H groups in total. The fourth-order valence-corrected chi connectivity index (χ4v) is 3.57. The molecule has 1 aliphatic carbocycles. The van der Waals surface area contributed by atoms with Gasteiger partial charge >= 0.3 is 0 Å². The van der Waals surface area contributed by atoms with Crippen LogP contribution in [0, 0.1) is 6.92 Å². The van der Waals surface area contributed by atoms with Crippen LogP contribution in [0.3, 0.4) is 0 Å². The van der Waals surface area contributed by atoms with Gasteiger partial charge in [0.05, 0.1) is 0 Å². The van der Waals surface area contributed by atoms with E-state index in [1.165, 1.54) is 6.33 Å². The van der Waals surface area contributed by atoms with Crippen molar-refractivity contribution >= 4 is 23.2 Å². The van der Waals surface area contributed by atoms with E-state index in [0.29, 0.717) is 13.1 Å². The van der Waals surface area contributed by atoms with Crippen molar-refractivity contribution in [3.63, 3.8) is 0 Å². The molecule has 7 nitrogen and oxygen atoms in total. The quantitative estimate of drug-likeness (QED) is 0.842. The Hall–Kier alpha value is -2.15. The van der Waals surface area contributed by atoms with E-state index in [4.69, 9.17) is 11.6 Å². The molecule has 0 radical (unpaired) electrons. The first-order valence-electron chi connectivity index (χ1n) is 8.15. The summed E-state index contributed by atoms with van der Waals surface area (Å²) in [6, 6.07) is 5.96. The van der Waals surface area contributed by atoms with Gasteiger partial charge in [-0.1, -0.05) is 17.7 Å². The Morgan fingerprint density at radius 2 is 1.96 bits per heavy atom. The molecule has 2 aliphatic rings. The number of aromatic nitrogens is 4. The summed E-state index contributed by atoms with van der Waals surface area (Å²) in [5, 5.41) is 12.0. The number of benzene rings is 1. The molecule has 2 aromatic rings. The van der Waals surface area contributed by atoms with Crippen LogP contribution in [0.4, 0.5) is 5.69 Å². The summed E-state index contributed by atoms with van der Waals surface area (Å²) in [4.78, 5) is 17.1. The van der Waals surface area contributed by atoms with Crippen LogP contribution in [-0.2, 0) is 10.3 Å². The Morgan fingerprint density at radius 1 is 1.21 bits per heavy atom. The molecule has 1 aromatic carbocycles. The number of hydrogen-bond donors (Lipinski definition) is 0. The normalized spacial score (nSPS) is 19.4. The van der Waals surface area contributed by atoms with Gasteiger partial charge in [-0.25, -0.2) is 4.68 Å². The maximum atomic E-state index is 12.9. The van der Waals surface area contributed by atoms with Gasteiger partial charge in [-0.3, -0.25) is 4.79 Å². The van der Waals surface area contributed by atoms with Gasteiger partial charge in [0.25, 0.3) is 5.91 Å². The van der Waals surface area contributed by atoms with Crippen LogP contribution in [0.15, 0.2) is 24.5 Å². The number of amides is 1. The highest BCUT2D eigenvalue weighted by Crippen LogP contribution is 2.44. The average Bonchev–Trinajstić information content (AvgIpc) is 3.23. The van der Waals surface area contributed by atoms with Crippen molar-refractivity contribution in [1.82, 2.24) is 25.1 Å². The first-order valence-corrected chi connectivity index (χ1v) is 8.52. The zero-order valence-electron chi connectivity index (χ0n) is 13.5. The Labute approximate surface area is 145 Å². The van der Waals surface area contributed by atoms with E-state index >= 15 is 0 Å². The smallest absolute Gasteiger partial charge is 0.250 e. The minimum Gasteiger partial charge on any atom is -0.368 e. The van der Waals surface area contributed by atoms with E-state index in [1.54, 1.807) is 4.68 Å². The lowest BCUT2D eigenvalue weighted by atomic mass is 10.1. The summed E-state index contributed by atoms with van der Waals surface area (Å²) in [5.41, 5.74) is 1.69. The lowest BCUT2D eigenvalue weighted by Gasteiger charge is -2.38. The SMILES string of the molecule is Cc1c(Cl)cccc1N1CCN(C(=O)C2(n3cnnn3)CC2)CC1. The molecule has 1 saturated carbocycles. The highest BCUT2D eigenvalue weighted by molar-refractivity contribution is 6.31. The van der Waals surface area contributed by atoms with Gasteiger partial charge in [0.1, 0.15) is 11.9 Å². The number of piperazine rings is 1. The number of nitrogens with zero attached hydrogens (tertiary/aromatic N) is 6. The number of carbonyl (C=O) groups is 1. The van der Waals surface area contributed by atoms with Crippen molar-refractivity contribution in [3.8, 4) is 0 Å². The van der Waals surface area contributed by atoms with Crippen molar-refractivity contribution < 1.29 is 4.79 Å². The Bertz CT molecular complexity index is 750. The zero-order valence-corrected chi connectivity index (χ0v) is 14.3. The van der Waals surface area contributed by atoms with E-state index in [1.807, 2.05) is 24.0 Å². The number of rotatable bonds is 3. The highest BCUT2D eigenvalue weighted by Gasteiger charge is 2.55. The number of hydrogen-bond acceptors (Lipinski definition) is 5. The number of carbonyl (C=O) groups excluding carboxylic acids is 1. The second-order valence-electron chi connectivity index (χ2n) is 6.45. The first kappa shape index (κ1) is 15.4. The third-order valence-electron chi connectivity index (χ3n) is 5.06. The molecule has 126 valence electrons. The topological polar surface area (TPSA) is 67.2 Å². The monoisotopic (exact) mass is 346 g/mol.